The molecular formula is C23H28F3N7O2. The third-order valence-electron chi connectivity index (χ3n) is 5.85. The van der Waals surface area contributed by atoms with Crippen molar-refractivity contribution in [1.29, 1.82) is 0 Å². The molecule has 1 fully saturated rings. The van der Waals surface area contributed by atoms with Crippen LogP contribution in [-0.4, -0.2) is 42.5 Å². The van der Waals surface area contributed by atoms with Gasteiger partial charge >= 0.3 is 6.18 Å². The zero-order valence-corrected chi connectivity index (χ0v) is 19.4. The van der Waals surface area contributed by atoms with Gasteiger partial charge in [-0.3, -0.25) is 4.79 Å². The van der Waals surface area contributed by atoms with E-state index < -0.39 is 17.3 Å². The van der Waals surface area contributed by atoms with Crippen LogP contribution in [0.2, 0.25) is 0 Å². The summed E-state index contributed by atoms with van der Waals surface area (Å²) in [6.45, 7) is 3.19. The van der Waals surface area contributed by atoms with Crippen LogP contribution in [0, 0.1) is 0 Å². The third-order valence-corrected chi connectivity index (χ3v) is 5.85. The van der Waals surface area contributed by atoms with Gasteiger partial charge < -0.3 is 21.5 Å². The van der Waals surface area contributed by atoms with Crippen LogP contribution < -0.4 is 21.9 Å². The van der Waals surface area contributed by atoms with Crippen LogP contribution in [0.25, 0.3) is 10.8 Å². The van der Waals surface area contributed by atoms with Crippen molar-refractivity contribution < 1.29 is 18.3 Å². The lowest BCUT2D eigenvalue weighted by Crippen LogP contribution is -2.34. The quantitative estimate of drug-likeness (QED) is 0.413. The summed E-state index contributed by atoms with van der Waals surface area (Å²) in [4.78, 5) is 20.6. The number of nitrogens with two attached hydrogens (primary N) is 1. The Hall–Kier alpha value is -3.25. The molecule has 12 heteroatoms. The van der Waals surface area contributed by atoms with E-state index in [1.807, 2.05) is 0 Å². The van der Waals surface area contributed by atoms with Crippen molar-refractivity contribution in [2.45, 2.75) is 69.9 Å². The Morgan fingerprint density at radius 3 is 2.54 bits per heavy atom. The van der Waals surface area contributed by atoms with E-state index in [9.17, 15) is 23.1 Å². The SMILES string of the molecule is CC(C)(O)Cn1ncc2cc(Nc3ncc(C(F)(F)F)c(NC4CCC(N)CC4)n3)ccc2c1=O. The summed E-state index contributed by atoms with van der Waals surface area (Å²) in [5, 5.41) is 20.8. The topological polar surface area (TPSA) is 131 Å². The molecule has 2 heterocycles. The highest BCUT2D eigenvalue weighted by molar-refractivity contribution is 5.84. The summed E-state index contributed by atoms with van der Waals surface area (Å²) in [6.07, 6.45) is 0.424. The van der Waals surface area contributed by atoms with Crippen molar-refractivity contribution in [3.05, 3.63) is 46.5 Å². The highest BCUT2D eigenvalue weighted by atomic mass is 19.4. The number of nitrogens with zero attached hydrogens (tertiary/aromatic N) is 4. The Morgan fingerprint density at radius 1 is 1.17 bits per heavy atom. The lowest BCUT2D eigenvalue weighted by atomic mass is 9.92. The van der Waals surface area contributed by atoms with E-state index in [2.05, 4.69) is 25.7 Å². The molecular weight excluding hydrogens is 463 g/mol. The van der Waals surface area contributed by atoms with Gasteiger partial charge in [0.1, 0.15) is 11.4 Å². The molecule has 0 unspecified atom stereocenters. The van der Waals surface area contributed by atoms with Crippen molar-refractivity contribution >= 4 is 28.2 Å². The number of fused-ring (bicyclic) bond motifs is 1. The number of halogens is 3. The number of rotatable bonds is 6. The minimum Gasteiger partial charge on any atom is -0.389 e. The molecule has 1 aromatic carbocycles. The van der Waals surface area contributed by atoms with E-state index >= 15 is 0 Å². The monoisotopic (exact) mass is 491 g/mol. The molecule has 0 spiro atoms. The van der Waals surface area contributed by atoms with Gasteiger partial charge in [0.15, 0.2) is 0 Å². The fourth-order valence-corrected chi connectivity index (χ4v) is 4.09. The van der Waals surface area contributed by atoms with Crippen LogP contribution in [0.3, 0.4) is 0 Å². The molecule has 2 aromatic heterocycles. The van der Waals surface area contributed by atoms with Crippen LogP contribution in [0.5, 0.6) is 0 Å². The number of benzene rings is 1. The van der Waals surface area contributed by atoms with Crippen LogP contribution in [0.15, 0.2) is 35.4 Å². The van der Waals surface area contributed by atoms with E-state index in [0.29, 0.717) is 29.3 Å². The van der Waals surface area contributed by atoms with Crippen LogP contribution in [0.4, 0.5) is 30.6 Å². The van der Waals surface area contributed by atoms with Crippen LogP contribution >= 0.6 is 0 Å². The Labute approximate surface area is 199 Å². The van der Waals surface area contributed by atoms with Gasteiger partial charge in [0, 0.05) is 29.4 Å². The van der Waals surface area contributed by atoms with Gasteiger partial charge in [0.2, 0.25) is 5.95 Å². The molecule has 1 aliphatic rings. The number of aliphatic hydroxyl groups is 1. The second-order valence-corrected chi connectivity index (χ2v) is 9.56. The van der Waals surface area contributed by atoms with E-state index in [1.165, 1.54) is 10.9 Å². The molecule has 0 radical (unpaired) electrons. The summed E-state index contributed by atoms with van der Waals surface area (Å²) in [5.74, 6) is -0.303. The Balaban J connectivity index is 1.59. The molecule has 188 valence electrons. The molecule has 9 nitrogen and oxygen atoms in total. The first-order chi connectivity index (χ1) is 16.4. The molecule has 3 aromatic rings. The van der Waals surface area contributed by atoms with Gasteiger partial charge in [-0.1, -0.05) is 0 Å². The molecule has 0 atom stereocenters. The maximum absolute atomic E-state index is 13.6. The average molecular weight is 492 g/mol. The van der Waals surface area contributed by atoms with Crippen LogP contribution in [-0.2, 0) is 12.7 Å². The summed E-state index contributed by atoms with van der Waals surface area (Å²) < 4.78 is 41.9. The maximum Gasteiger partial charge on any atom is 0.421 e. The minimum absolute atomic E-state index is 0.0179. The molecule has 0 aliphatic heterocycles. The summed E-state index contributed by atoms with van der Waals surface area (Å²) in [6, 6.07) is 4.73. The average Bonchev–Trinajstić information content (AvgIpc) is 2.76. The van der Waals surface area contributed by atoms with Crippen molar-refractivity contribution in [2.24, 2.45) is 5.73 Å². The normalized spacial score (nSPS) is 19.1. The first-order valence-corrected chi connectivity index (χ1v) is 11.3. The molecule has 0 saturated heterocycles. The van der Waals surface area contributed by atoms with E-state index in [4.69, 9.17) is 5.73 Å². The molecule has 35 heavy (non-hydrogen) atoms. The number of hydrogen-bond donors (Lipinski definition) is 4. The number of aromatic nitrogens is 4. The lowest BCUT2D eigenvalue weighted by Gasteiger charge is -2.28. The van der Waals surface area contributed by atoms with Crippen molar-refractivity contribution in [1.82, 2.24) is 19.7 Å². The number of alkyl halides is 3. The Kier molecular flexibility index (Phi) is 6.69. The fourth-order valence-electron chi connectivity index (χ4n) is 4.09. The smallest absolute Gasteiger partial charge is 0.389 e. The van der Waals surface area contributed by atoms with Gasteiger partial charge in [-0.2, -0.15) is 23.3 Å². The number of nitrogens with one attached hydrogen (secondary N) is 2. The van der Waals surface area contributed by atoms with Gasteiger partial charge in [-0.05, 0) is 57.7 Å². The van der Waals surface area contributed by atoms with Crippen molar-refractivity contribution in [3.63, 3.8) is 0 Å². The first-order valence-electron chi connectivity index (χ1n) is 11.3. The van der Waals surface area contributed by atoms with E-state index in [-0.39, 0.29) is 36.0 Å². The van der Waals surface area contributed by atoms with E-state index in [1.54, 1.807) is 32.0 Å². The Morgan fingerprint density at radius 2 is 1.89 bits per heavy atom. The lowest BCUT2D eigenvalue weighted by molar-refractivity contribution is -0.137. The summed E-state index contributed by atoms with van der Waals surface area (Å²) in [5.41, 5.74) is 3.98. The predicted octanol–water partition coefficient (Wildman–Crippen LogP) is 3.40. The standard InChI is InChI=1S/C23H28F3N7O2/c1-22(2,35)12-33-20(34)17-8-7-16(9-13(17)10-29-33)31-21-28-11-18(23(24,25)26)19(32-21)30-15-5-3-14(27)4-6-15/h7-11,14-15,35H,3-6,12,27H2,1-2H3,(H2,28,30,31,32). The molecule has 1 aliphatic carbocycles. The molecule has 0 bridgehead atoms. The maximum atomic E-state index is 13.6. The number of anilines is 3. The molecule has 0 amide bonds. The minimum atomic E-state index is -4.61. The molecule has 4 rings (SSSR count). The first kappa shape index (κ1) is 24.9. The second-order valence-electron chi connectivity index (χ2n) is 9.56. The zero-order chi connectivity index (χ0) is 25.4. The molecule has 1 saturated carbocycles. The third kappa shape index (κ3) is 6.06. The predicted molar refractivity (Wildman–Crippen MR) is 126 cm³/mol. The highest BCUT2D eigenvalue weighted by Crippen LogP contribution is 2.35. The van der Waals surface area contributed by atoms with Gasteiger partial charge in [-0.25, -0.2) is 9.67 Å². The highest BCUT2D eigenvalue weighted by Gasteiger charge is 2.36. The van der Waals surface area contributed by atoms with E-state index in [0.717, 1.165) is 19.0 Å². The largest absolute Gasteiger partial charge is 0.421 e. The van der Waals surface area contributed by atoms with Gasteiger partial charge in [0.25, 0.3) is 5.56 Å². The van der Waals surface area contributed by atoms with Gasteiger partial charge in [0.05, 0.1) is 23.7 Å². The zero-order valence-electron chi connectivity index (χ0n) is 19.4. The Bertz CT molecular complexity index is 1260. The van der Waals surface area contributed by atoms with Crippen molar-refractivity contribution in [3.8, 4) is 0 Å². The number of hydrogen-bond acceptors (Lipinski definition) is 8. The van der Waals surface area contributed by atoms with Crippen LogP contribution in [0.1, 0.15) is 45.1 Å². The molecule has 5 N–H and O–H groups in total. The summed E-state index contributed by atoms with van der Waals surface area (Å²) in [7, 11) is 0. The van der Waals surface area contributed by atoms with Crippen molar-refractivity contribution in [2.75, 3.05) is 10.6 Å². The second kappa shape index (κ2) is 9.42. The summed E-state index contributed by atoms with van der Waals surface area (Å²) >= 11 is 0. The van der Waals surface area contributed by atoms with Gasteiger partial charge in [-0.15, -0.1) is 0 Å². The fraction of sp³-hybridized carbons (Fsp3) is 0.478.